The van der Waals surface area contributed by atoms with E-state index in [4.69, 9.17) is 0 Å². The molecule has 0 aliphatic carbocycles. The van der Waals surface area contributed by atoms with Gasteiger partial charge in [-0.25, -0.2) is 10.0 Å². The summed E-state index contributed by atoms with van der Waals surface area (Å²) in [5, 5.41) is 9.06. The van der Waals surface area contributed by atoms with Crippen molar-refractivity contribution in [1.82, 2.24) is 15.3 Å². The summed E-state index contributed by atoms with van der Waals surface area (Å²) in [6.07, 6.45) is 74.4. The van der Waals surface area contributed by atoms with Gasteiger partial charge in [0.05, 0.1) is 0 Å². The smallest absolute Gasteiger partial charge is 0.0306 e. The fourth-order valence-electron chi connectivity index (χ4n) is 9.88. The van der Waals surface area contributed by atoms with Crippen molar-refractivity contribution in [1.29, 1.82) is 0 Å². The van der Waals surface area contributed by atoms with E-state index in [1.807, 2.05) is 19.9 Å². The van der Waals surface area contributed by atoms with Crippen LogP contribution >= 0.6 is 0 Å². The molecule has 4 nitrogen and oxygen atoms in total. The predicted octanol–water partition coefficient (Wildman–Crippen LogP) is 26.4. The minimum atomic E-state index is 0.670. The normalized spacial score (nSPS) is 11.1. The van der Waals surface area contributed by atoms with Crippen molar-refractivity contribution in [2.24, 2.45) is 11.7 Å². The lowest BCUT2D eigenvalue weighted by Crippen LogP contribution is -2.47. The predicted molar refractivity (Wildman–Crippen MR) is 377 cm³/mol. The zero-order valence-corrected chi connectivity index (χ0v) is 58.6. The molecule has 0 bridgehead atoms. The molecule has 0 radical (unpaired) electrons. The molecule has 0 aliphatic heterocycles. The lowest BCUT2D eigenvalue weighted by atomic mass is 9.97. The first kappa shape index (κ1) is 89.8. The molecule has 0 aliphatic rings. The molecule has 0 rings (SSSR count). The van der Waals surface area contributed by atoms with Crippen molar-refractivity contribution >= 4 is 0 Å². The van der Waals surface area contributed by atoms with Gasteiger partial charge in [0, 0.05) is 38.4 Å². The van der Waals surface area contributed by atoms with Crippen LogP contribution in [-0.4, -0.2) is 49.8 Å². The Labute approximate surface area is 511 Å². The van der Waals surface area contributed by atoms with Crippen LogP contribution in [0.5, 0.6) is 0 Å². The Hall–Kier alpha value is -1.36. The number of nitrogens with zero attached hydrogens (tertiary/aromatic N) is 2. The second-order valence-electron chi connectivity index (χ2n) is 23.6. The number of nitrogens with two attached hydrogens (primary N) is 1. The van der Waals surface area contributed by atoms with Gasteiger partial charge in [-0.15, -0.1) is 6.58 Å². The van der Waals surface area contributed by atoms with E-state index in [0.717, 1.165) is 19.5 Å². The van der Waals surface area contributed by atoms with Crippen LogP contribution in [0.1, 0.15) is 398 Å². The summed E-state index contributed by atoms with van der Waals surface area (Å²) in [7, 11) is 1.50. The summed E-state index contributed by atoms with van der Waals surface area (Å²) >= 11 is 0. The summed E-state index contributed by atoms with van der Waals surface area (Å²) in [6, 6.07) is 0. The number of hydrogen-bond donors (Lipinski definition) is 2. The van der Waals surface area contributed by atoms with Crippen molar-refractivity contribution in [3.8, 4) is 0 Å². The van der Waals surface area contributed by atoms with E-state index >= 15 is 0 Å². The van der Waals surface area contributed by atoms with Crippen molar-refractivity contribution in [3.63, 3.8) is 0 Å². The van der Waals surface area contributed by atoms with E-state index < -0.39 is 0 Å². The van der Waals surface area contributed by atoms with Crippen LogP contribution in [0.3, 0.4) is 0 Å². The Kier molecular flexibility index (Phi) is 99.8. The summed E-state index contributed by atoms with van der Waals surface area (Å²) in [4.78, 5) is 0. The fraction of sp³-hybridized carbons (Fsp3) is 0.895. The molecule has 80 heavy (non-hydrogen) atoms. The molecule has 0 amide bonds. The molecule has 0 saturated heterocycles. The van der Waals surface area contributed by atoms with Gasteiger partial charge < -0.3 is 11.1 Å². The van der Waals surface area contributed by atoms with Gasteiger partial charge in [-0.05, 0) is 84.1 Å². The third-order valence-corrected chi connectivity index (χ3v) is 15.5. The molecule has 1 atom stereocenters. The Balaban J connectivity index is -0.000000259. The van der Waals surface area contributed by atoms with Crippen molar-refractivity contribution in [2.75, 3.05) is 39.8 Å². The van der Waals surface area contributed by atoms with Crippen LogP contribution in [0.4, 0.5) is 0 Å². The minimum Gasteiger partial charge on any atom is -0.387 e. The molecule has 4 heteroatoms. The number of hydrogen-bond acceptors (Lipinski definition) is 4. The minimum absolute atomic E-state index is 0.670. The molecule has 0 heterocycles. The summed E-state index contributed by atoms with van der Waals surface area (Å²) < 4.78 is 0. The lowest BCUT2D eigenvalue weighted by Gasteiger charge is -2.36. The molecular formula is C76H160N4. The van der Waals surface area contributed by atoms with Gasteiger partial charge in [0.25, 0.3) is 0 Å². The van der Waals surface area contributed by atoms with Crippen molar-refractivity contribution in [3.05, 3.63) is 49.2 Å². The number of nitrogens with one attached hydrogen (secondary N) is 1. The van der Waals surface area contributed by atoms with E-state index in [1.165, 1.54) is 346 Å². The molecule has 1 unspecified atom stereocenters. The second-order valence-corrected chi connectivity index (χ2v) is 23.6. The maximum atomic E-state index is 4.50. The van der Waals surface area contributed by atoms with Gasteiger partial charge in [-0.2, -0.15) is 0 Å². The van der Waals surface area contributed by atoms with Crippen LogP contribution in [-0.2, 0) is 0 Å². The van der Waals surface area contributed by atoms with E-state index in [1.54, 1.807) is 0 Å². The maximum Gasteiger partial charge on any atom is 0.0306 e. The Morgan fingerprint density at radius 1 is 0.388 bits per heavy atom. The Morgan fingerprint density at radius 2 is 0.675 bits per heavy atom. The third kappa shape index (κ3) is 87.9. The number of rotatable bonds is 58. The molecule has 0 aromatic heterocycles. The highest BCUT2D eigenvalue weighted by atomic mass is 15.6. The molecule has 0 fully saturated rings. The first-order chi connectivity index (χ1) is 39.2. The van der Waals surface area contributed by atoms with Gasteiger partial charge in [-0.3, -0.25) is 0 Å². The molecule has 0 saturated carbocycles. The Bertz CT molecular complexity index is 1060. The molecule has 484 valence electrons. The number of allylic oxidation sites excluding steroid dienone is 5. The molecule has 0 aromatic carbocycles. The van der Waals surface area contributed by atoms with Crippen LogP contribution in [0.2, 0.25) is 0 Å². The highest BCUT2D eigenvalue weighted by molar-refractivity contribution is 4.93. The van der Waals surface area contributed by atoms with E-state index in [2.05, 4.69) is 122 Å². The van der Waals surface area contributed by atoms with Crippen molar-refractivity contribution in [2.45, 2.75) is 398 Å². The highest BCUT2D eigenvalue weighted by Gasteiger charge is 2.15. The van der Waals surface area contributed by atoms with Gasteiger partial charge >= 0.3 is 0 Å². The topological polar surface area (TPSA) is 44.5 Å². The number of unbranched alkanes of at least 4 members (excludes halogenated alkanes) is 39. The summed E-state index contributed by atoms with van der Waals surface area (Å²) in [5.41, 5.74) is 7.04. The van der Waals surface area contributed by atoms with Crippen LogP contribution in [0, 0.1) is 5.92 Å². The van der Waals surface area contributed by atoms with Gasteiger partial charge in [0.15, 0.2) is 0 Å². The highest BCUT2D eigenvalue weighted by Crippen LogP contribution is 2.18. The standard InChI is InChI=1S/C34H69N3.C15H30.C13H26.C11H24.C2H6.CH5N/c1-8-11-13-15-18-22-28-36(29-23-19-16-14-12-9-2)37(31-27-35-34(7)25-10-3)30-24-20-17-21-26-33(6)32(4)5;1-3-5-7-9-11-13-15-14-12-10-8-6-4-2;1-3-5-7-9-11-13-12-10-8-6-4-2;1-3-5-7-9-11-10-8-6-4-2;2*1-2/h33,35H,4,7-31H2,1-3,5-6H3;5,7H,3-4,6,8-15H2,1-2H3;3H,1,4-13H2,2H3;3-11H2,1-2H3;1-2H3;2H2,1H3. The van der Waals surface area contributed by atoms with Crippen LogP contribution in [0.15, 0.2) is 49.2 Å². The zero-order chi connectivity index (χ0) is 60.9. The number of hydrazine groups is 1. The SMILES string of the molecule is C=C(CCC)NCCN(CCCCCCC(C)C(=C)C)N(CCCCCCCC)CCCCCCCC.C=CCCCCCCCCCCC.CC.CCC=CCCCCCCCCCCC.CCCCCCCCCCC.CN. The maximum absolute atomic E-state index is 4.50. The van der Waals surface area contributed by atoms with Crippen LogP contribution in [0.25, 0.3) is 0 Å². The molecule has 3 N–H and O–H groups in total. The van der Waals surface area contributed by atoms with E-state index in [-0.39, 0.29) is 0 Å². The first-order valence-electron chi connectivity index (χ1n) is 36.6. The monoisotopic (exact) mass is 1130 g/mol. The van der Waals surface area contributed by atoms with E-state index in [9.17, 15) is 0 Å². The first-order valence-corrected chi connectivity index (χ1v) is 36.6. The largest absolute Gasteiger partial charge is 0.387 e. The molecule has 0 spiro atoms. The molecular weight excluding hydrogens is 969 g/mol. The average Bonchev–Trinajstić information content (AvgIpc) is 3.47. The second kappa shape index (κ2) is 88.9. The van der Waals surface area contributed by atoms with E-state index in [0.29, 0.717) is 5.92 Å². The average molecular weight is 1130 g/mol. The van der Waals surface area contributed by atoms with Crippen molar-refractivity contribution < 1.29 is 0 Å². The third-order valence-electron chi connectivity index (χ3n) is 15.5. The summed E-state index contributed by atoms with van der Waals surface area (Å²) in [6.45, 7) is 44.5. The van der Waals surface area contributed by atoms with Gasteiger partial charge in [0.2, 0.25) is 0 Å². The Morgan fingerprint density at radius 3 is 0.975 bits per heavy atom. The quantitative estimate of drug-likeness (QED) is 0.0362. The van der Waals surface area contributed by atoms with Gasteiger partial charge in [-0.1, -0.05) is 364 Å². The van der Waals surface area contributed by atoms with Crippen LogP contribution < -0.4 is 11.1 Å². The van der Waals surface area contributed by atoms with Gasteiger partial charge in [0.1, 0.15) is 0 Å². The fourth-order valence-corrected chi connectivity index (χ4v) is 9.88. The zero-order valence-electron chi connectivity index (χ0n) is 58.6. The summed E-state index contributed by atoms with van der Waals surface area (Å²) in [5.74, 6) is 0.670. The molecule has 0 aromatic rings. The lowest BCUT2D eigenvalue weighted by molar-refractivity contribution is -0.0281.